The van der Waals surface area contributed by atoms with Gasteiger partial charge in [-0.2, -0.15) is 0 Å². The molecule has 1 fully saturated rings. The molecule has 1 atom stereocenters. The summed E-state index contributed by atoms with van der Waals surface area (Å²) in [6.07, 6.45) is 10.9. The summed E-state index contributed by atoms with van der Waals surface area (Å²) in [7, 11) is 0. The van der Waals surface area contributed by atoms with Crippen LogP contribution in [0.1, 0.15) is 48.6 Å². The SMILES string of the molecule is C#CC(=O)N(c1ccccc1C)C(C(=O)NC1CCCCC1)c1cccs1. The van der Waals surface area contributed by atoms with E-state index >= 15 is 0 Å². The van der Waals surface area contributed by atoms with Crippen molar-refractivity contribution in [3.05, 3.63) is 52.2 Å². The summed E-state index contributed by atoms with van der Waals surface area (Å²) in [5.74, 6) is 1.52. The third-order valence-corrected chi connectivity index (χ3v) is 5.91. The number of rotatable bonds is 5. The summed E-state index contributed by atoms with van der Waals surface area (Å²) in [5, 5.41) is 5.07. The van der Waals surface area contributed by atoms with Crippen LogP contribution in [-0.4, -0.2) is 17.9 Å². The van der Waals surface area contributed by atoms with Gasteiger partial charge >= 0.3 is 5.91 Å². The van der Waals surface area contributed by atoms with Gasteiger partial charge in [0.05, 0.1) is 0 Å². The molecule has 5 heteroatoms. The molecule has 140 valence electrons. The van der Waals surface area contributed by atoms with Gasteiger partial charge in [0, 0.05) is 16.6 Å². The molecule has 0 saturated heterocycles. The lowest BCUT2D eigenvalue weighted by atomic mass is 9.95. The van der Waals surface area contributed by atoms with Gasteiger partial charge in [0.1, 0.15) is 0 Å². The highest BCUT2D eigenvalue weighted by Gasteiger charge is 2.34. The summed E-state index contributed by atoms with van der Waals surface area (Å²) in [6, 6.07) is 10.7. The van der Waals surface area contributed by atoms with Crippen LogP contribution in [0, 0.1) is 19.3 Å². The van der Waals surface area contributed by atoms with Crippen molar-refractivity contribution >= 4 is 28.8 Å². The van der Waals surface area contributed by atoms with E-state index in [4.69, 9.17) is 6.42 Å². The lowest BCUT2D eigenvalue weighted by Crippen LogP contribution is -2.47. The minimum Gasteiger partial charge on any atom is -0.351 e. The number of carbonyl (C=O) groups excluding carboxylic acids is 2. The molecule has 1 heterocycles. The molecule has 0 radical (unpaired) electrons. The molecular weight excluding hydrogens is 356 g/mol. The van der Waals surface area contributed by atoms with Gasteiger partial charge in [0.2, 0.25) is 5.91 Å². The third kappa shape index (κ3) is 4.40. The van der Waals surface area contributed by atoms with Crippen molar-refractivity contribution in [1.82, 2.24) is 5.32 Å². The van der Waals surface area contributed by atoms with E-state index in [1.54, 1.807) is 0 Å². The monoisotopic (exact) mass is 380 g/mol. The molecule has 1 aliphatic carbocycles. The van der Waals surface area contributed by atoms with E-state index in [1.807, 2.05) is 48.7 Å². The first-order valence-corrected chi connectivity index (χ1v) is 10.2. The standard InChI is InChI=1S/C22H24N2O2S/c1-3-20(25)24(18-13-8-7-10-16(18)2)21(19-14-9-15-27-19)22(26)23-17-11-5-4-6-12-17/h1,7-10,13-15,17,21H,4-6,11-12H2,2H3,(H,23,26). The lowest BCUT2D eigenvalue weighted by molar-refractivity contribution is -0.125. The summed E-state index contributed by atoms with van der Waals surface area (Å²) >= 11 is 1.45. The molecule has 0 aliphatic heterocycles. The number of aryl methyl sites for hydroxylation is 1. The van der Waals surface area contributed by atoms with Crippen molar-refractivity contribution in [2.75, 3.05) is 4.90 Å². The number of hydrogen-bond acceptors (Lipinski definition) is 3. The summed E-state index contributed by atoms with van der Waals surface area (Å²) in [6.45, 7) is 1.91. The third-order valence-electron chi connectivity index (χ3n) is 4.99. The first-order valence-electron chi connectivity index (χ1n) is 9.31. The Labute approximate surface area is 164 Å². The van der Waals surface area contributed by atoms with Crippen LogP contribution >= 0.6 is 11.3 Å². The number of nitrogens with one attached hydrogen (secondary N) is 1. The fourth-order valence-corrected chi connectivity index (χ4v) is 4.43. The van der Waals surface area contributed by atoms with E-state index in [1.165, 1.54) is 22.7 Å². The highest BCUT2D eigenvalue weighted by molar-refractivity contribution is 7.10. The van der Waals surface area contributed by atoms with E-state index in [9.17, 15) is 9.59 Å². The Morgan fingerprint density at radius 1 is 1.19 bits per heavy atom. The predicted molar refractivity (Wildman–Crippen MR) is 110 cm³/mol. The maximum absolute atomic E-state index is 13.3. The highest BCUT2D eigenvalue weighted by Crippen LogP contribution is 2.33. The fourth-order valence-electron chi connectivity index (χ4n) is 3.62. The van der Waals surface area contributed by atoms with Crippen molar-refractivity contribution in [2.24, 2.45) is 0 Å². The number of benzene rings is 1. The normalized spacial score (nSPS) is 15.6. The summed E-state index contributed by atoms with van der Waals surface area (Å²) in [4.78, 5) is 28.3. The largest absolute Gasteiger partial charge is 0.351 e. The molecule has 1 N–H and O–H groups in total. The molecule has 0 bridgehead atoms. The minimum atomic E-state index is -0.767. The molecule has 1 unspecified atom stereocenters. The minimum absolute atomic E-state index is 0.161. The number of terminal acetylenes is 1. The highest BCUT2D eigenvalue weighted by atomic mass is 32.1. The number of thiophene rings is 1. The lowest BCUT2D eigenvalue weighted by Gasteiger charge is -2.32. The van der Waals surface area contributed by atoms with E-state index in [0.29, 0.717) is 5.69 Å². The molecule has 1 aliphatic rings. The summed E-state index contributed by atoms with van der Waals surface area (Å²) in [5.41, 5.74) is 1.56. The average molecular weight is 381 g/mol. The van der Waals surface area contributed by atoms with Crippen LogP contribution in [0.4, 0.5) is 5.69 Å². The fraction of sp³-hybridized carbons (Fsp3) is 0.364. The van der Waals surface area contributed by atoms with Gasteiger partial charge in [-0.15, -0.1) is 17.8 Å². The van der Waals surface area contributed by atoms with E-state index in [-0.39, 0.29) is 11.9 Å². The van der Waals surface area contributed by atoms with Crippen LogP contribution in [0.15, 0.2) is 41.8 Å². The maximum Gasteiger partial charge on any atom is 0.303 e. The van der Waals surface area contributed by atoms with Gasteiger partial charge in [0.25, 0.3) is 0 Å². The summed E-state index contributed by atoms with van der Waals surface area (Å²) < 4.78 is 0. The molecule has 1 saturated carbocycles. The Morgan fingerprint density at radius 2 is 1.93 bits per heavy atom. The number of hydrogen-bond donors (Lipinski definition) is 1. The second-order valence-corrected chi connectivity index (χ2v) is 7.85. The van der Waals surface area contributed by atoms with Crippen molar-refractivity contribution in [2.45, 2.75) is 51.1 Å². The zero-order valence-corrected chi connectivity index (χ0v) is 16.3. The Morgan fingerprint density at radius 3 is 2.56 bits per heavy atom. The Hall–Kier alpha value is -2.58. The van der Waals surface area contributed by atoms with Crippen molar-refractivity contribution in [1.29, 1.82) is 0 Å². The van der Waals surface area contributed by atoms with E-state index in [0.717, 1.165) is 36.1 Å². The van der Waals surface area contributed by atoms with Crippen molar-refractivity contribution < 1.29 is 9.59 Å². The predicted octanol–water partition coefficient (Wildman–Crippen LogP) is 4.21. The zero-order valence-electron chi connectivity index (χ0n) is 15.5. The van der Waals surface area contributed by atoms with Gasteiger partial charge in [-0.05, 0) is 48.8 Å². The average Bonchev–Trinajstić information content (AvgIpc) is 3.21. The quantitative estimate of drug-likeness (QED) is 0.790. The topological polar surface area (TPSA) is 49.4 Å². The number of carbonyl (C=O) groups is 2. The van der Waals surface area contributed by atoms with Gasteiger partial charge in [-0.1, -0.05) is 43.5 Å². The molecule has 2 aromatic rings. The van der Waals surface area contributed by atoms with Crippen LogP contribution in [0.25, 0.3) is 0 Å². The zero-order chi connectivity index (χ0) is 19.2. The van der Waals surface area contributed by atoms with Crippen LogP contribution in [0.2, 0.25) is 0 Å². The van der Waals surface area contributed by atoms with E-state index in [2.05, 4.69) is 11.2 Å². The molecular formula is C22H24N2O2S. The molecule has 3 rings (SSSR count). The van der Waals surface area contributed by atoms with Crippen molar-refractivity contribution in [3.8, 4) is 12.3 Å². The van der Waals surface area contributed by atoms with Crippen LogP contribution < -0.4 is 10.2 Å². The van der Waals surface area contributed by atoms with E-state index < -0.39 is 11.9 Å². The molecule has 1 aromatic carbocycles. The first kappa shape index (κ1) is 19.2. The number of nitrogens with zero attached hydrogens (tertiary/aromatic N) is 1. The maximum atomic E-state index is 13.3. The number of anilines is 1. The van der Waals surface area contributed by atoms with Crippen LogP contribution in [0.3, 0.4) is 0 Å². The Bertz CT molecular complexity index is 832. The van der Waals surface area contributed by atoms with Gasteiger partial charge < -0.3 is 5.32 Å². The van der Waals surface area contributed by atoms with Gasteiger partial charge in [-0.25, -0.2) is 0 Å². The smallest absolute Gasteiger partial charge is 0.303 e. The molecule has 27 heavy (non-hydrogen) atoms. The Balaban J connectivity index is 1.99. The molecule has 4 nitrogen and oxygen atoms in total. The van der Waals surface area contributed by atoms with Crippen molar-refractivity contribution in [3.63, 3.8) is 0 Å². The number of amides is 2. The second-order valence-electron chi connectivity index (χ2n) is 6.87. The van der Waals surface area contributed by atoms with Crippen LogP contribution in [0.5, 0.6) is 0 Å². The van der Waals surface area contributed by atoms with Gasteiger partial charge in [0.15, 0.2) is 6.04 Å². The van der Waals surface area contributed by atoms with Crippen LogP contribution in [-0.2, 0) is 9.59 Å². The number of para-hydroxylation sites is 1. The molecule has 2 amide bonds. The molecule has 1 aromatic heterocycles. The first-order chi connectivity index (χ1) is 13.1. The Kier molecular flexibility index (Phi) is 6.31. The second kappa shape index (κ2) is 8.88. The molecule has 0 spiro atoms. The van der Waals surface area contributed by atoms with Gasteiger partial charge in [-0.3, -0.25) is 14.5 Å².